The molecule has 0 radical (unpaired) electrons. The van der Waals surface area contributed by atoms with Crippen molar-refractivity contribution in [3.63, 3.8) is 0 Å². The van der Waals surface area contributed by atoms with E-state index in [1.54, 1.807) is 0 Å². The highest BCUT2D eigenvalue weighted by Crippen LogP contribution is 2.48. The minimum absolute atomic E-state index is 0.211. The molecule has 0 amide bonds. The Morgan fingerprint density at radius 2 is 1.55 bits per heavy atom. The number of benzene rings is 1. The van der Waals surface area contributed by atoms with E-state index >= 15 is 0 Å². The molecule has 6 nitrogen and oxygen atoms in total. The maximum atomic E-state index is 11.4. The van der Waals surface area contributed by atoms with Gasteiger partial charge >= 0.3 is 5.97 Å². The van der Waals surface area contributed by atoms with Gasteiger partial charge in [0, 0.05) is 30.7 Å². The fourth-order valence-electron chi connectivity index (χ4n) is 9.61. The topological polar surface area (TPSA) is 61.6 Å². The van der Waals surface area contributed by atoms with Gasteiger partial charge in [0.2, 0.25) is 0 Å². The molecule has 4 bridgehead atoms. The smallest absolute Gasteiger partial charge is 0.304 e. The zero-order chi connectivity index (χ0) is 25.6. The van der Waals surface area contributed by atoms with Gasteiger partial charge in [-0.05, 0) is 88.3 Å². The first kappa shape index (κ1) is 25.1. The zero-order valence-corrected chi connectivity index (χ0v) is 23.0. The zero-order valence-electron chi connectivity index (χ0n) is 23.0. The molecular formula is C32H46N4O2. The summed E-state index contributed by atoms with van der Waals surface area (Å²) in [5.41, 5.74) is 2.39. The molecule has 6 heteroatoms. The van der Waals surface area contributed by atoms with Crippen LogP contribution in [0.25, 0.3) is 11.0 Å². The third-order valence-corrected chi connectivity index (χ3v) is 11.0. The van der Waals surface area contributed by atoms with E-state index in [2.05, 4.69) is 38.6 Å². The normalized spacial score (nSPS) is 36.4. The summed E-state index contributed by atoms with van der Waals surface area (Å²) in [6.07, 6.45) is 19.3. The molecule has 5 aliphatic rings. The third kappa shape index (κ3) is 4.70. The molecule has 38 heavy (non-hydrogen) atoms. The molecule has 7 atom stereocenters. The number of para-hydroxylation sites is 2. The van der Waals surface area contributed by atoms with Crippen LogP contribution in [0.4, 0.5) is 0 Å². The van der Waals surface area contributed by atoms with Crippen molar-refractivity contribution in [2.75, 3.05) is 13.1 Å². The lowest BCUT2D eigenvalue weighted by atomic mass is 9.73. The molecule has 0 spiro atoms. The second-order valence-electron chi connectivity index (χ2n) is 13.4. The Hall–Kier alpha value is -1.92. The van der Waals surface area contributed by atoms with Crippen LogP contribution in [0.5, 0.6) is 0 Å². The van der Waals surface area contributed by atoms with Gasteiger partial charge in [0.15, 0.2) is 0 Å². The molecule has 2 saturated carbocycles. The Morgan fingerprint density at radius 3 is 2.29 bits per heavy atom. The molecular weight excluding hydrogens is 472 g/mol. The van der Waals surface area contributed by atoms with Crippen LogP contribution in [0, 0.1) is 11.8 Å². The molecule has 5 fully saturated rings. The summed E-state index contributed by atoms with van der Waals surface area (Å²) in [4.78, 5) is 22.1. The summed E-state index contributed by atoms with van der Waals surface area (Å²) in [6.45, 7) is 1.60. The highest BCUT2D eigenvalue weighted by Gasteiger charge is 2.45. The van der Waals surface area contributed by atoms with Crippen molar-refractivity contribution in [1.29, 1.82) is 0 Å². The minimum atomic E-state index is -0.702. The highest BCUT2D eigenvalue weighted by molar-refractivity contribution is 5.76. The van der Waals surface area contributed by atoms with E-state index in [1.807, 2.05) is 0 Å². The summed E-state index contributed by atoms with van der Waals surface area (Å²) in [6, 6.07) is 11.7. The Bertz CT molecular complexity index is 1120. The van der Waals surface area contributed by atoms with Gasteiger partial charge < -0.3 is 9.67 Å². The number of piperidine rings is 2. The Balaban J connectivity index is 1.18. The van der Waals surface area contributed by atoms with Crippen molar-refractivity contribution in [3.05, 3.63) is 30.1 Å². The van der Waals surface area contributed by atoms with Gasteiger partial charge in [0.25, 0.3) is 0 Å². The number of hydrogen-bond donors (Lipinski definition) is 1. The van der Waals surface area contributed by atoms with Crippen LogP contribution in [-0.2, 0) is 4.79 Å². The van der Waals surface area contributed by atoms with Crippen molar-refractivity contribution in [1.82, 2.24) is 19.4 Å². The lowest BCUT2D eigenvalue weighted by Gasteiger charge is -2.55. The number of carboxylic acids is 1. The first-order chi connectivity index (χ1) is 18.6. The molecule has 1 aromatic carbocycles. The van der Waals surface area contributed by atoms with Gasteiger partial charge in [-0.3, -0.25) is 14.6 Å². The number of aromatic nitrogens is 2. The van der Waals surface area contributed by atoms with E-state index in [1.165, 1.54) is 88.4 Å². The fraction of sp³-hybridized carbons (Fsp3) is 0.750. The van der Waals surface area contributed by atoms with Gasteiger partial charge in [-0.15, -0.1) is 0 Å². The first-order valence-corrected chi connectivity index (χ1v) is 15.8. The van der Waals surface area contributed by atoms with Crippen LogP contribution in [-0.4, -0.2) is 61.6 Å². The van der Waals surface area contributed by atoms with Crippen molar-refractivity contribution in [2.45, 2.75) is 127 Å². The molecule has 2 unspecified atom stereocenters. The number of rotatable bonds is 6. The molecule has 4 heterocycles. The average Bonchev–Trinajstić information content (AvgIpc) is 3.49. The van der Waals surface area contributed by atoms with E-state index in [9.17, 15) is 9.90 Å². The Kier molecular flexibility index (Phi) is 6.98. The molecule has 1 aromatic heterocycles. The third-order valence-electron chi connectivity index (χ3n) is 11.0. The standard InChI is InChI=1S/C32H46N4O2/c37-31(38)14-16-34-15-6-13-30(34)32-33-28-11-3-4-12-29(28)36(32)27-20-24-9-5-10-25(21-27)35(24)26-18-22-7-1-2-8-23(17-22)19-26/h3-4,11-12,22-27,30H,1-2,5-10,13-21H2,(H,37,38)/t22-,23+,24-,25+,26?,27?,30-/m1/s1. The lowest BCUT2D eigenvalue weighted by Crippen LogP contribution is -2.58. The van der Waals surface area contributed by atoms with E-state index in [-0.39, 0.29) is 12.5 Å². The largest absolute Gasteiger partial charge is 0.481 e. The molecule has 3 aliphatic heterocycles. The molecule has 3 saturated heterocycles. The number of imidazole rings is 1. The predicted octanol–water partition coefficient (Wildman–Crippen LogP) is 6.56. The van der Waals surface area contributed by atoms with Crippen LogP contribution in [0.2, 0.25) is 0 Å². The highest BCUT2D eigenvalue weighted by atomic mass is 16.4. The van der Waals surface area contributed by atoms with Gasteiger partial charge in [-0.1, -0.05) is 44.2 Å². The van der Waals surface area contributed by atoms with Crippen LogP contribution in [0.1, 0.15) is 114 Å². The predicted molar refractivity (Wildman–Crippen MR) is 150 cm³/mol. The maximum Gasteiger partial charge on any atom is 0.304 e. The van der Waals surface area contributed by atoms with Crippen molar-refractivity contribution in [2.24, 2.45) is 11.8 Å². The van der Waals surface area contributed by atoms with Crippen molar-refractivity contribution in [3.8, 4) is 0 Å². The number of nitrogens with zero attached hydrogens (tertiary/aromatic N) is 4. The van der Waals surface area contributed by atoms with Crippen molar-refractivity contribution < 1.29 is 9.90 Å². The summed E-state index contributed by atoms with van der Waals surface area (Å²) >= 11 is 0. The van der Waals surface area contributed by atoms with Crippen LogP contribution < -0.4 is 0 Å². The fourth-order valence-corrected chi connectivity index (χ4v) is 9.61. The molecule has 206 valence electrons. The van der Waals surface area contributed by atoms with E-state index in [0.717, 1.165) is 42.8 Å². The first-order valence-electron chi connectivity index (χ1n) is 15.8. The summed E-state index contributed by atoms with van der Waals surface area (Å²) < 4.78 is 2.64. The minimum Gasteiger partial charge on any atom is -0.481 e. The van der Waals surface area contributed by atoms with E-state index in [0.29, 0.717) is 24.7 Å². The molecule has 2 aromatic rings. The second-order valence-corrected chi connectivity index (χ2v) is 13.4. The lowest BCUT2D eigenvalue weighted by molar-refractivity contribution is -0.137. The van der Waals surface area contributed by atoms with Gasteiger partial charge in [-0.2, -0.15) is 0 Å². The number of hydrogen-bond acceptors (Lipinski definition) is 4. The van der Waals surface area contributed by atoms with Gasteiger partial charge in [0.1, 0.15) is 5.82 Å². The second kappa shape index (κ2) is 10.6. The van der Waals surface area contributed by atoms with E-state index in [4.69, 9.17) is 4.98 Å². The van der Waals surface area contributed by atoms with Crippen molar-refractivity contribution >= 4 is 17.0 Å². The monoisotopic (exact) mass is 518 g/mol. The number of carbonyl (C=O) groups is 1. The SMILES string of the molecule is O=C(O)CCN1CCC[C@@H]1c1nc2ccccc2n1C1C[C@H]2CCC[C@@H](C1)N2C1C[C@H]2CCCC[C@@H](C1)C2. The van der Waals surface area contributed by atoms with Crippen LogP contribution >= 0.6 is 0 Å². The number of aliphatic carboxylic acids is 1. The molecule has 7 rings (SSSR count). The number of carboxylic acid groups (broad SMARTS) is 1. The summed E-state index contributed by atoms with van der Waals surface area (Å²) in [7, 11) is 0. The summed E-state index contributed by atoms with van der Waals surface area (Å²) in [5, 5.41) is 9.34. The molecule has 2 aliphatic carbocycles. The van der Waals surface area contributed by atoms with Gasteiger partial charge in [0.05, 0.1) is 23.5 Å². The average molecular weight is 519 g/mol. The number of fused-ring (bicyclic) bond motifs is 5. The summed E-state index contributed by atoms with van der Waals surface area (Å²) in [5.74, 6) is 2.45. The van der Waals surface area contributed by atoms with E-state index < -0.39 is 5.97 Å². The maximum absolute atomic E-state index is 11.4. The van der Waals surface area contributed by atoms with Gasteiger partial charge in [-0.25, -0.2) is 4.98 Å². The number of likely N-dealkylation sites (tertiary alicyclic amines) is 1. The van der Waals surface area contributed by atoms with Crippen LogP contribution in [0.15, 0.2) is 24.3 Å². The Labute approximate surface area is 227 Å². The quantitative estimate of drug-likeness (QED) is 0.469. The Morgan fingerprint density at radius 1 is 0.816 bits per heavy atom. The van der Waals surface area contributed by atoms with Crippen LogP contribution in [0.3, 0.4) is 0 Å². The molecule has 1 N–H and O–H groups in total.